The molecule has 4 heteroatoms. The molecule has 0 aliphatic rings. The van der Waals surface area contributed by atoms with Crippen molar-refractivity contribution in [2.75, 3.05) is 13.2 Å². The molecule has 2 aromatic rings. The average Bonchev–Trinajstić information content (AvgIpc) is 2.59. The zero-order valence-corrected chi connectivity index (χ0v) is 17.9. The van der Waals surface area contributed by atoms with Crippen LogP contribution in [0.4, 0.5) is 0 Å². The number of aryl methyl sites for hydroxylation is 1. The highest BCUT2D eigenvalue weighted by Gasteiger charge is 2.13. The van der Waals surface area contributed by atoms with Gasteiger partial charge in [0.1, 0.15) is 6.61 Å². The third kappa shape index (κ3) is 6.33. The van der Waals surface area contributed by atoms with Gasteiger partial charge in [-0.25, -0.2) is 0 Å². The van der Waals surface area contributed by atoms with Crippen LogP contribution in [-0.4, -0.2) is 13.2 Å². The summed E-state index contributed by atoms with van der Waals surface area (Å²) in [6, 6.07) is 12.5. The minimum Gasteiger partial charge on any atom is -0.490 e. The zero-order valence-electron chi connectivity index (χ0n) is 16.3. The van der Waals surface area contributed by atoms with Gasteiger partial charge < -0.3 is 14.8 Å². The number of halogens is 1. The monoisotopic (exact) mass is 419 g/mol. The van der Waals surface area contributed by atoms with Crippen molar-refractivity contribution in [2.24, 2.45) is 5.92 Å². The fourth-order valence-corrected chi connectivity index (χ4v) is 3.28. The largest absolute Gasteiger partial charge is 0.490 e. The Hall–Kier alpha value is -1.52. The van der Waals surface area contributed by atoms with E-state index in [-0.39, 0.29) is 0 Å². The van der Waals surface area contributed by atoms with Gasteiger partial charge in [-0.15, -0.1) is 0 Å². The first-order valence-corrected chi connectivity index (χ1v) is 10.1. The molecule has 0 aliphatic carbocycles. The molecule has 142 valence electrons. The van der Waals surface area contributed by atoms with E-state index in [0.717, 1.165) is 29.1 Å². The smallest absolute Gasteiger partial charge is 0.175 e. The van der Waals surface area contributed by atoms with Crippen LogP contribution in [0, 0.1) is 12.8 Å². The first kappa shape index (κ1) is 20.8. The predicted octanol–water partition coefficient (Wildman–Crippen LogP) is 5.87. The van der Waals surface area contributed by atoms with Gasteiger partial charge in [-0.3, -0.25) is 0 Å². The SMILES string of the molecule is CCOc1cc(CNCCC(C)C)cc(Br)c1OCc1ccccc1C. The van der Waals surface area contributed by atoms with Gasteiger partial charge in [-0.05, 0) is 77.5 Å². The minimum atomic E-state index is 0.525. The second-order valence-corrected chi connectivity index (χ2v) is 7.77. The van der Waals surface area contributed by atoms with Gasteiger partial charge in [0.25, 0.3) is 0 Å². The first-order valence-electron chi connectivity index (χ1n) is 9.34. The summed E-state index contributed by atoms with van der Waals surface area (Å²) >= 11 is 3.66. The molecule has 0 atom stereocenters. The van der Waals surface area contributed by atoms with Gasteiger partial charge in [0.05, 0.1) is 11.1 Å². The van der Waals surface area contributed by atoms with E-state index in [9.17, 15) is 0 Å². The van der Waals surface area contributed by atoms with Crippen molar-refractivity contribution >= 4 is 15.9 Å². The zero-order chi connectivity index (χ0) is 18.9. The van der Waals surface area contributed by atoms with E-state index >= 15 is 0 Å². The van der Waals surface area contributed by atoms with Gasteiger partial charge in [0, 0.05) is 6.54 Å². The Morgan fingerprint density at radius 3 is 2.58 bits per heavy atom. The van der Waals surface area contributed by atoms with Crippen LogP contribution < -0.4 is 14.8 Å². The normalized spacial score (nSPS) is 11.0. The van der Waals surface area contributed by atoms with Crippen LogP contribution in [0.15, 0.2) is 40.9 Å². The molecule has 0 unspecified atom stereocenters. The van der Waals surface area contributed by atoms with Crippen LogP contribution in [0.2, 0.25) is 0 Å². The topological polar surface area (TPSA) is 30.5 Å². The Morgan fingerprint density at radius 2 is 1.88 bits per heavy atom. The van der Waals surface area contributed by atoms with Crippen molar-refractivity contribution in [1.29, 1.82) is 0 Å². The summed E-state index contributed by atoms with van der Waals surface area (Å²) in [7, 11) is 0. The van der Waals surface area contributed by atoms with Crippen molar-refractivity contribution in [2.45, 2.75) is 47.3 Å². The fraction of sp³-hybridized carbons (Fsp3) is 0.455. The molecule has 0 spiro atoms. The summed E-state index contributed by atoms with van der Waals surface area (Å²) in [4.78, 5) is 0. The average molecular weight is 420 g/mol. The Bertz CT molecular complexity index is 701. The Labute approximate surface area is 166 Å². The van der Waals surface area contributed by atoms with E-state index in [2.05, 4.69) is 66.3 Å². The van der Waals surface area contributed by atoms with E-state index in [1.54, 1.807) is 0 Å². The lowest BCUT2D eigenvalue weighted by Crippen LogP contribution is -2.16. The van der Waals surface area contributed by atoms with E-state index < -0.39 is 0 Å². The second-order valence-electron chi connectivity index (χ2n) is 6.91. The highest BCUT2D eigenvalue weighted by molar-refractivity contribution is 9.10. The molecule has 2 rings (SSSR count). The predicted molar refractivity (Wildman–Crippen MR) is 112 cm³/mol. The molecular weight excluding hydrogens is 390 g/mol. The lowest BCUT2D eigenvalue weighted by molar-refractivity contribution is 0.267. The molecule has 0 aliphatic heterocycles. The molecule has 0 bridgehead atoms. The number of ether oxygens (including phenoxy) is 2. The lowest BCUT2D eigenvalue weighted by atomic mass is 10.1. The van der Waals surface area contributed by atoms with E-state index in [4.69, 9.17) is 9.47 Å². The van der Waals surface area contributed by atoms with E-state index in [0.29, 0.717) is 19.1 Å². The Morgan fingerprint density at radius 1 is 1.12 bits per heavy atom. The van der Waals surface area contributed by atoms with Crippen LogP contribution in [0.5, 0.6) is 11.5 Å². The van der Waals surface area contributed by atoms with Crippen molar-refractivity contribution in [1.82, 2.24) is 5.32 Å². The molecule has 0 aromatic heterocycles. The molecule has 0 saturated heterocycles. The molecule has 3 nitrogen and oxygen atoms in total. The number of nitrogens with one attached hydrogen (secondary N) is 1. The van der Waals surface area contributed by atoms with Crippen molar-refractivity contribution in [3.05, 3.63) is 57.6 Å². The number of hydrogen-bond acceptors (Lipinski definition) is 3. The van der Waals surface area contributed by atoms with E-state index in [1.807, 2.05) is 19.1 Å². The summed E-state index contributed by atoms with van der Waals surface area (Å²) < 4.78 is 12.9. The summed E-state index contributed by atoms with van der Waals surface area (Å²) in [6.45, 7) is 11.6. The Kier molecular flexibility index (Phi) is 8.46. The Balaban J connectivity index is 2.09. The number of hydrogen-bond donors (Lipinski definition) is 1. The molecule has 0 amide bonds. The van der Waals surface area contributed by atoms with Crippen LogP contribution in [0.25, 0.3) is 0 Å². The summed E-state index contributed by atoms with van der Waals surface area (Å²) in [6.07, 6.45) is 1.18. The van der Waals surface area contributed by atoms with Crippen molar-refractivity contribution in [3.8, 4) is 11.5 Å². The van der Waals surface area contributed by atoms with Crippen LogP contribution in [-0.2, 0) is 13.2 Å². The van der Waals surface area contributed by atoms with Crippen LogP contribution in [0.1, 0.15) is 43.9 Å². The van der Waals surface area contributed by atoms with Gasteiger partial charge in [-0.2, -0.15) is 0 Å². The van der Waals surface area contributed by atoms with Crippen molar-refractivity contribution in [3.63, 3.8) is 0 Å². The number of benzene rings is 2. The lowest BCUT2D eigenvalue weighted by Gasteiger charge is -2.16. The highest BCUT2D eigenvalue weighted by atomic mass is 79.9. The molecular formula is C22H30BrNO2. The summed E-state index contributed by atoms with van der Waals surface area (Å²) in [5.74, 6) is 2.27. The molecule has 0 heterocycles. The maximum atomic E-state index is 6.11. The molecule has 1 N–H and O–H groups in total. The van der Waals surface area contributed by atoms with Crippen LogP contribution >= 0.6 is 15.9 Å². The van der Waals surface area contributed by atoms with Crippen LogP contribution in [0.3, 0.4) is 0 Å². The van der Waals surface area contributed by atoms with Gasteiger partial charge in [0.15, 0.2) is 11.5 Å². The van der Waals surface area contributed by atoms with Gasteiger partial charge in [-0.1, -0.05) is 38.1 Å². The highest BCUT2D eigenvalue weighted by Crippen LogP contribution is 2.37. The number of rotatable bonds is 10. The maximum Gasteiger partial charge on any atom is 0.175 e. The standard InChI is InChI=1S/C22H30BrNO2/c1-5-25-21-13-18(14-24-11-10-16(2)3)12-20(23)22(21)26-15-19-9-7-6-8-17(19)4/h6-9,12-13,16,24H,5,10-11,14-15H2,1-4H3. The third-order valence-electron chi connectivity index (χ3n) is 4.23. The third-order valence-corrected chi connectivity index (χ3v) is 4.82. The van der Waals surface area contributed by atoms with Gasteiger partial charge in [0.2, 0.25) is 0 Å². The minimum absolute atomic E-state index is 0.525. The molecule has 26 heavy (non-hydrogen) atoms. The van der Waals surface area contributed by atoms with Gasteiger partial charge >= 0.3 is 0 Å². The fourth-order valence-electron chi connectivity index (χ4n) is 2.67. The quantitative estimate of drug-likeness (QED) is 0.488. The second kappa shape index (κ2) is 10.6. The van der Waals surface area contributed by atoms with Crippen molar-refractivity contribution < 1.29 is 9.47 Å². The van der Waals surface area contributed by atoms with E-state index in [1.165, 1.54) is 23.1 Å². The molecule has 2 aromatic carbocycles. The molecule has 0 radical (unpaired) electrons. The summed E-state index contributed by atoms with van der Waals surface area (Å²) in [5, 5.41) is 3.50. The molecule has 0 saturated carbocycles. The molecule has 0 fully saturated rings. The maximum absolute atomic E-state index is 6.11. The summed E-state index contributed by atoms with van der Waals surface area (Å²) in [5.41, 5.74) is 3.60. The first-order chi connectivity index (χ1) is 12.5.